The van der Waals surface area contributed by atoms with Crippen molar-refractivity contribution in [1.82, 2.24) is 0 Å². The predicted octanol–water partition coefficient (Wildman–Crippen LogP) is 18.2. The Morgan fingerprint density at radius 3 is 1.47 bits per heavy atom. The zero-order valence-electron chi connectivity index (χ0n) is 36.2. The van der Waals surface area contributed by atoms with Crippen molar-refractivity contribution in [2.45, 2.75) is 0 Å². The predicted molar refractivity (Wildman–Crippen MR) is 279 cm³/mol. The molecule has 0 bridgehead atoms. The van der Waals surface area contributed by atoms with Crippen molar-refractivity contribution in [3.05, 3.63) is 261 Å². The minimum atomic E-state index is 0.885. The van der Waals surface area contributed by atoms with Gasteiger partial charge in [0.1, 0.15) is 11.3 Å². The fraction of sp³-hybridized carbons (Fsp3) is 0. The summed E-state index contributed by atoms with van der Waals surface area (Å²) < 4.78 is 6.56. The minimum absolute atomic E-state index is 0.885. The van der Waals surface area contributed by atoms with Crippen molar-refractivity contribution in [3.63, 3.8) is 0 Å². The Kier molecular flexibility index (Phi) is 9.89. The molecule has 0 spiro atoms. The average molecular weight is 842 g/mol. The topological polar surface area (TPSA) is 16.4 Å². The maximum Gasteiger partial charge on any atom is 0.143 e. The van der Waals surface area contributed by atoms with E-state index in [1.807, 2.05) is 12.1 Å². The van der Waals surface area contributed by atoms with Crippen LogP contribution in [0.5, 0.6) is 0 Å². The van der Waals surface area contributed by atoms with Gasteiger partial charge >= 0.3 is 0 Å². The first-order valence-corrected chi connectivity index (χ1v) is 22.6. The van der Waals surface area contributed by atoms with E-state index in [0.29, 0.717) is 0 Å². The summed E-state index contributed by atoms with van der Waals surface area (Å²) in [5.74, 6) is 0.885. The van der Waals surface area contributed by atoms with Crippen LogP contribution in [0, 0.1) is 0 Å². The molecule has 0 aliphatic heterocycles. The van der Waals surface area contributed by atoms with Crippen LogP contribution in [-0.4, -0.2) is 0 Å². The largest absolute Gasteiger partial charge is 0.455 e. The third-order valence-corrected chi connectivity index (χ3v) is 12.9. The van der Waals surface area contributed by atoms with Gasteiger partial charge in [0, 0.05) is 33.5 Å². The summed E-state index contributed by atoms with van der Waals surface area (Å²) in [6.07, 6.45) is 0. The lowest BCUT2D eigenvalue weighted by Gasteiger charge is -2.28. The first-order chi connectivity index (χ1) is 32.7. The second kappa shape index (κ2) is 16.8. The third-order valence-electron chi connectivity index (χ3n) is 12.9. The lowest BCUT2D eigenvalue weighted by molar-refractivity contribution is 0.632. The van der Waals surface area contributed by atoms with Gasteiger partial charge in [-0.3, -0.25) is 0 Å². The SMILES string of the molecule is c1ccc(-c2ccccc2N(c2ccc(-c3ccc(-c4cccc(-c5oc6ccccc6c5-c5ccccc5)c4)cc3)cc2)c2ccc(-c3ccc4c(ccc5ccccc54)c3)cc2)cc1. The second-order valence-corrected chi connectivity index (χ2v) is 16.9. The summed E-state index contributed by atoms with van der Waals surface area (Å²) in [4.78, 5) is 2.38. The van der Waals surface area contributed by atoms with E-state index in [1.54, 1.807) is 0 Å². The van der Waals surface area contributed by atoms with Crippen molar-refractivity contribution < 1.29 is 4.42 Å². The Morgan fingerprint density at radius 2 is 0.758 bits per heavy atom. The number of rotatable bonds is 9. The Labute approximate surface area is 384 Å². The number of hydrogen-bond donors (Lipinski definition) is 0. The van der Waals surface area contributed by atoms with Crippen LogP contribution in [0.1, 0.15) is 0 Å². The van der Waals surface area contributed by atoms with Crippen LogP contribution in [-0.2, 0) is 0 Å². The molecule has 0 aliphatic rings. The second-order valence-electron chi connectivity index (χ2n) is 16.9. The molecule has 1 aromatic heterocycles. The Bertz CT molecular complexity index is 3660. The van der Waals surface area contributed by atoms with Gasteiger partial charge in [0.05, 0.1) is 5.69 Å². The molecule has 1 heterocycles. The molecule has 11 aromatic carbocycles. The van der Waals surface area contributed by atoms with Crippen molar-refractivity contribution >= 4 is 49.6 Å². The highest BCUT2D eigenvalue weighted by molar-refractivity contribution is 6.08. The van der Waals surface area contributed by atoms with E-state index in [4.69, 9.17) is 4.42 Å². The fourth-order valence-corrected chi connectivity index (χ4v) is 9.59. The van der Waals surface area contributed by atoms with Gasteiger partial charge in [0.2, 0.25) is 0 Å². The van der Waals surface area contributed by atoms with Crippen LogP contribution in [0.25, 0.3) is 99.5 Å². The van der Waals surface area contributed by atoms with Crippen LogP contribution < -0.4 is 4.90 Å². The maximum absolute atomic E-state index is 6.56. The summed E-state index contributed by atoms with van der Waals surface area (Å²) in [5.41, 5.74) is 16.8. The van der Waals surface area contributed by atoms with Crippen LogP contribution >= 0.6 is 0 Å². The van der Waals surface area contributed by atoms with Crippen molar-refractivity contribution in [1.29, 1.82) is 0 Å². The summed E-state index contributed by atoms with van der Waals surface area (Å²) in [6, 6.07) is 93.6. The average Bonchev–Trinajstić information content (AvgIpc) is 3.80. The fourth-order valence-electron chi connectivity index (χ4n) is 9.59. The highest BCUT2D eigenvalue weighted by Gasteiger charge is 2.20. The Morgan fingerprint density at radius 1 is 0.273 bits per heavy atom. The van der Waals surface area contributed by atoms with Gasteiger partial charge in [0.15, 0.2) is 0 Å². The van der Waals surface area contributed by atoms with Gasteiger partial charge in [-0.25, -0.2) is 0 Å². The number of fused-ring (bicyclic) bond motifs is 4. The van der Waals surface area contributed by atoms with Gasteiger partial charge in [0.25, 0.3) is 0 Å². The Balaban J connectivity index is 0.864. The molecule has 12 aromatic rings. The normalized spacial score (nSPS) is 11.3. The van der Waals surface area contributed by atoms with E-state index in [0.717, 1.165) is 72.7 Å². The number of benzene rings is 11. The number of nitrogens with zero attached hydrogens (tertiary/aromatic N) is 1. The molecule has 0 saturated carbocycles. The highest BCUT2D eigenvalue weighted by Crippen LogP contribution is 2.44. The lowest BCUT2D eigenvalue weighted by Crippen LogP contribution is -2.11. The van der Waals surface area contributed by atoms with Crippen LogP contribution in [0.2, 0.25) is 0 Å². The monoisotopic (exact) mass is 841 g/mol. The molecule has 310 valence electrons. The Hall–Kier alpha value is -8.72. The number of anilines is 3. The van der Waals surface area contributed by atoms with Gasteiger partial charge in [-0.1, -0.05) is 212 Å². The lowest BCUT2D eigenvalue weighted by atomic mass is 9.95. The van der Waals surface area contributed by atoms with E-state index < -0.39 is 0 Å². The molecule has 0 fully saturated rings. The first kappa shape index (κ1) is 38.9. The van der Waals surface area contributed by atoms with Crippen LogP contribution in [0.4, 0.5) is 17.1 Å². The van der Waals surface area contributed by atoms with Crippen molar-refractivity contribution in [3.8, 4) is 67.0 Å². The zero-order valence-corrected chi connectivity index (χ0v) is 36.2. The zero-order chi connectivity index (χ0) is 43.8. The molecular formula is C64H43NO. The van der Waals surface area contributed by atoms with E-state index in [9.17, 15) is 0 Å². The standard InChI is InChI=1S/C64H43NO/c1-3-14-48(15-4-1)59-22-9-11-24-61(59)65(56-39-34-47(35-40-56)52-36-41-58-53(42-52)31-30-49-16-7-8-21-57(49)58)55-37-32-45(33-38-55)44-26-28-46(29-27-44)51-19-13-20-54(43-51)64-63(50-17-5-2-6-18-50)60-23-10-12-25-62(60)66-64/h1-43H. The number of furan rings is 1. The molecular weight excluding hydrogens is 799 g/mol. The van der Waals surface area contributed by atoms with Crippen LogP contribution in [0.15, 0.2) is 265 Å². The minimum Gasteiger partial charge on any atom is -0.455 e. The molecule has 0 radical (unpaired) electrons. The van der Waals surface area contributed by atoms with Crippen molar-refractivity contribution in [2.24, 2.45) is 0 Å². The highest BCUT2D eigenvalue weighted by atomic mass is 16.3. The summed E-state index contributed by atoms with van der Waals surface area (Å²) in [6.45, 7) is 0. The van der Waals surface area contributed by atoms with E-state index >= 15 is 0 Å². The van der Waals surface area contributed by atoms with Crippen molar-refractivity contribution in [2.75, 3.05) is 4.90 Å². The van der Waals surface area contributed by atoms with Gasteiger partial charge in [-0.15, -0.1) is 0 Å². The number of hydrogen-bond acceptors (Lipinski definition) is 2. The summed E-state index contributed by atoms with van der Waals surface area (Å²) >= 11 is 0. The summed E-state index contributed by atoms with van der Waals surface area (Å²) in [5, 5.41) is 6.19. The third kappa shape index (κ3) is 7.21. The molecule has 0 saturated heterocycles. The maximum atomic E-state index is 6.56. The molecule has 12 rings (SSSR count). The van der Waals surface area contributed by atoms with Gasteiger partial charge in [-0.05, 0) is 115 Å². The molecule has 2 nitrogen and oxygen atoms in total. The molecule has 66 heavy (non-hydrogen) atoms. The molecule has 0 aliphatic carbocycles. The number of para-hydroxylation sites is 2. The smallest absolute Gasteiger partial charge is 0.143 e. The summed E-state index contributed by atoms with van der Waals surface area (Å²) in [7, 11) is 0. The molecule has 0 unspecified atom stereocenters. The first-order valence-electron chi connectivity index (χ1n) is 22.6. The van der Waals surface area contributed by atoms with Gasteiger partial charge < -0.3 is 9.32 Å². The molecule has 0 atom stereocenters. The molecule has 0 amide bonds. The van der Waals surface area contributed by atoms with E-state index in [2.05, 4.69) is 254 Å². The van der Waals surface area contributed by atoms with Gasteiger partial charge in [-0.2, -0.15) is 0 Å². The molecule has 0 N–H and O–H groups in total. The van der Waals surface area contributed by atoms with E-state index in [-0.39, 0.29) is 0 Å². The van der Waals surface area contributed by atoms with Crippen LogP contribution in [0.3, 0.4) is 0 Å². The molecule has 2 heteroatoms. The quantitative estimate of drug-likeness (QED) is 0.135. The van der Waals surface area contributed by atoms with E-state index in [1.165, 1.54) is 43.8 Å².